The van der Waals surface area contributed by atoms with Crippen molar-refractivity contribution in [2.45, 2.75) is 32.2 Å². The van der Waals surface area contributed by atoms with Gasteiger partial charge in [-0.05, 0) is 25.8 Å². The van der Waals surface area contributed by atoms with E-state index >= 15 is 0 Å². The molecule has 30 heavy (non-hydrogen) atoms. The summed E-state index contributed by atoms with van der Waals surface area (Å²) in [4.78, 5) is 36.2. The van der Waals surface area contributed by atoms with Crippen molar-refractivity contribution in [3.8, 4) is 17.3 Å². The predicted molar refractivity (Wildman–Crippen MR) is 103 cm³/mol. The number of rotatable bonds is 8. The van der Waals surface area contributed by atoms with Crippen LogP contribution in [-0.2, 0) is 9.59 Å². The van der Waals surface area contributed by atoms with Crippen molar-refractivity contribution in [2.75, 3.05) is 17.2 Å². The van der Waals surface area contributed by atoms with Gasteiger partial charge in [-0.15, -0.1) is 0 Å². The second-order valence-electron chi connectivity index (χ2n) is 6.78. The normalized spacial score (nSPS) is 14.0. The first kappa shape index (κ1) is 21.0. The lowest BCUT2D eigenvalue weighted by Crippen LogP contribution is -2.39. The topological polar surface area (TPSA) is 133 Å². The van der Waals surface area contributed by atoms with Crippen LogP contribution in [0.1, 0.15) is 25.5 Å². The van der Waals surface area contributed by atoms with Crippen LogP contribution in [0.25, 0.3) is 11.3 Å². The molecule has 0 spiro atoms. The van der Waals surface area contributed by atoms with Crippen LogP contribution >= 0.6 is 0 Å². The van der Waals surface area contributed by atoms with Crippen molar-refractivity contribution in [2.24, 2.45) is 5.92 Å². The maximum atomic E-state index is 12.3. The van der Waals surface area contributed by atoms with Crippen molar-refractivity contribution in [3.05, 3.63) is 30.4 Å². The number of hydrogen-bond donors (Lipinski definition) is 3. The number of carbonyl (C=O) groups excluding carboxylic acids is 2. The summed E-state index contributed by atoms with van der Waals surface area (Å²) in [6.07, 6.45) is 3.40. The van der Waals surface area contributed by atoms with Crippen LogP contribution in [0.5, 0.6) is 0 Å². The summed E-state index contributed by atoms with van der Waals surface area (Å²) in [5.74, 6) is -0.342. The van der Waals surface area contributed by atoms with Crippen LogP contribution in [0.2, 0.25) is 0 Å². The fourth-order valence-electron chi connectivity index (χ4n) is 2.55. The molecule has 0 saturated heterocycles. The van der Waals surface area contributed by atoms with Crippen LogP contribution in [0, 0.1) is 17.2 Å². The molecule has 1 aliphatic rings. The van der Waals surface area contributed by atoms with E-state index in [0.29, 0.717) is 17.1 Å². The van der Waals surface area contributed by atoms with Gasteiger partial charge >= 0.3 is 0 Å². The van der Waals surface area contributed by atoms with Gasteiger partial charge in [-0.2, -0.15) is 5.26 Å². The zero-order chi connectivity index (χ0) is 21.7. The molecule has 0 radical (unpaired) electrons. The van der Waals surface area contributed by atoms with Gasteiger partial charge in [0.25, 0.3) is 6.43 Å². The van der Waals surface area contributed by atoms with Gasteiger partial charge in [0.1, 0.15) is 12.1 Å². The monoisotopic (exact) mass is 415 g/mol. The smallest absolute Gasteiger partial charge is 0.255 e. The third-order valence-electron chi connectivity index (χ3n) is 4.34. The van der Waals surface area contributed by atoms with Crippen LogP contribution in [0.3, 0.4) is 0 Å². The maximum Gasteiger partial charge on any atom is 0.255 e. The quantitative estimate of drug-likeness (QED) is 0.600. The first-order valence-electron chi connectivity index (χ1n) is 9.23. The third-order valence-corrected chi connectivity index (χ3v) is 4.34. The number of aromatic nitrogens is 3. The van der Waals surface area contributed by atoms with Crippen LogP contribution in [0.15, 0.2) is 24.7 Å². The van der Waals surface area contributed by atoms with Gasteiger partial charge in [-0.1, -0.05) is 0 Å². The minimum atomic E-state index is -2.66. The van der Waals surface area contributed by atoms with Crippen LogP contribution in [-0.4, -0.2) is 45.8 Å². The van der Waals surface area contributed by atoms with E-state index in [2.05, 4.69) is 30.9 Å². The van der Waals surface area contributed by atoms with E-state index < -0.39 is 24.9 Å². The van der Waals surface area contributed by atoms with E-state index in [1.165, 1.54) is 25.5 Å². The fourth-order valence-corrected chi connectivity index (χ4v) is 2.55. The molecule has 3 N–H and O–H groups in total. The summed E-state index contributed by atoms with van der Waals surface area (Å²) in [7, 11) is 0. The summed E-state index contributed by atoms with van der Waals surface area (Å²) in [5, 5.41) is 16.9. The van der Waals surface area contributed by atoms with Crippen molar-refractivity contribution in [1.82, 2.24) is 20.3 Å². The molecule has 156 valence electrons. The van der Waals surface area contributed by atoms with Gasteiger partial charge in [-0.3, -0.25) is 14.6 Å². The Morgan fingerprint density at radius 1 is 1.23 bits per heavy atom. The number of hydrogen-bond acceptors (Lipinski definition) is 7. The highest BCUT2D eigenvalue weighted by Crippen LogP contribution is 2.30. The van der Waals surface area contributed by atoms with E-state index in [0.717, 1.165) is 12.8 Å². The van der Waals surface area contributed by atoms with Crippen molar-refractivity contribution >= 4 is 23.3 Å². The molecule has 1 saturated carbocycles. The van der Waals surface area contributed by atoms with Crippen LogP contribution < -0.4 is 16.0 Å². The Hall–Kier alpha value is -3.68. The first-order valence-corrected chi connectivity index (χ1v) is 9.23. The average Bonchev–Trinajstić information content (AvgIpc) is 3.58. The highest BCUT2D eigenvalue weighted by molar-refractivity contribution is 5.93. The molecule has 9 nitrogen and oxygen atoms in total. The molecule has 1 atom stereocenters. The molecular formula is C19H19F2N7O2. The minimum absolute atomic E-state index is 0.0357. The molecule has 3 rings (SSSR count). The molecule has 2 aromatic heterocycles. The Morgan fingerprint density at radius 3 is 2.60 bits per heavy atom. The van der Waals surface area contributed by atoms with E-state index in [-0.39, 0.29) is 23.2 Å². The van der Waals surface area contributed by atoms with Gasteiger partial charge in [0, 0.05) is 17.7 Å². The molecule has 2 heterocycles. The highest BCUT2D eigenvalue weighted by Gasteiger charge is 2.29. The third kappa shape index (κ3) is 5.44. The van der Waals surface area contributed by atoms with Gasteiger partial charge in [-0.25, -0.2) is 18.7 Å². The fraction of sp³-hybridized carbons (Fsp3) is 0.368. The van der Waals surface area contributed by atoms with Crippen molar-refractivity contribution in [3.63, 3.8) is 0 Å². The van der Waals surface area contributed by atoms with Gasteiger partial charge in [0.2, 0.25) is 11.8 Å². The molecular weight excluding hydrogens is 396 g/mol. The first-order chi connectivity index (χ1) is 14.4. The number of halogens is 2. The van der Waals surface area contributed by atoms with E-state index in [9.17, 15) is 23.6 Å². The molecule has 0 aromatic carbocycles. The second kappa shape index (κ2) is 9.21. The van der Waals surface area contributed by atoms with Gasteiger partial charge in [0.05, 0.1) is 30.3 Å². The average molecular weight is 415 g/mol. The Bertz CT molecular complexity index is 972. The summed E-state index contributed by atoms with van der Waals surface area (Å²) >= 11 is 0. The Kier molecular flexibility index (Phi) is 6.46. The van der Waals surface area contributed by atoms with Gasteiger partial charge < -0.3 is 16.0 Å². The lowest BCUT2D eigenvalue weighted by Gasteiger charge is -2.16. The molecule has 2 aromatic rings. The molecule has 0 unspecified atom stereocenters. The molecule has 1 aliphatic carbocycles. The molecule has 2 amide bonds. The molecule has 11 heteroatoms. The number of anilines is 2. The Labute approximate surface area is 170 Å². The number of alkyl halides is 2. The maximum absolute atomic E-state index is 12.3. The SMILES string of the molecule is C[C@H](Nc1cc(-c2cnc(NC(=O)C3CC3)cn2)cnc1C#N)C(=O)NCC(F)F. The number of nitrogens with zero attached hydrogens (tertiary/aromatic N) is 4. The number of pyridine rings is 1. The van der Waals surface area contributed by atoms with E-state index in [1.807, 2.05) is 6.07 Å². The lowest BCUT2D eigenvalue weighted by molar-refractivity contribution is -0.122. The van der Waals surface area contributed by atoms with E-state index in [1.54, 1.807) is 6.07 Å². The van der Waals surface area contributed by atoms with Crippen LogP contribution in [0.4, 0.5) is 20.3 Å². The van der Waals surface area contributed by atoms with E-state index in [4.69, 9.17) is 0 Å². The molecule has 0 aliphatic heterocycles. The summed E-state index contributed by atoms with van der Waals surface area (Å²) in [5.41, 5.74) is 1.25. The Balaban J connectivity index is 1.72. The largest absolute Gasteiger partial charge is 0.372 e. The number of nitriles is 1. The summed E-state index contributed by atoms with van der Waals surface area (Å²) in [6.45, 7) is 0.721. The molecule has 1 fully saturated rings. The Morgan fingerprint density at radius 2 is 2.00 bits per heavy atom. The summed E-state index contributed by atoms with van der Waals surface area (Å²) < 4.78 is 24.5. The highest BCUT2D eigenvalue weighted by atomic mass is 19.3. The number of nitrogens with one attached hydrogen (secondary N) is 3. The zero-order valence-electron chi connectivity index (χ0n) is 16.0. The van der Waals surface area contributed by atoms with Gasteiger partial charge in [0.15, 0.2) is 11.5 Å². The number of amides is 2. The predicted octanol–water partition coefficient (Wildman–Crippen LogP) is 1.94. The van der Waals surface area contributed by atoms with Crippen molar-refractivity contribution < 1.29 is 18.4 Å². The van der Waals surface area contributed by atoms with Crippen molar-refractivity contribution in [1.29, 1.82) is 5.26 Å². The summed E-state index contributed by atoms with van der Waals surface area (Å²) in [6, 6.07) is 2.60. The zero-order valence-corrected chi connectivity index (χ0v) is 16.0. The minimum Gasteiger partial charge on any atom is -0.372 e. The second-order valence-corrected chi connectivity index (χ2v) is 6.78. The molecule has 0 bridgehead atoms. The lowest BCUT2D eigenvalue weighted by atomic mass is 10.1. The standard InChI is InChI=1S/C19H19F2N7O2/c1-10(18(29)26-8-16(20)21)27-13-4-12(6-23-14(13)5-22)15-7-25-17(9-24-15)28-19(30)11-2-3-11/h4,6-7,9-11,16,27H,2-3,8H2,1H3,(H,26,29)(H,25,28,30)/t10-/m0/s1. The number of carbonyl (C=O) groups is 2.